The van der Waals surface area contributed by atoms with Crippen LogP contribution in [0.3, 0.4) is 0 Å². The van der Waals surface area contributed by atoms with Crippen LogP contribution < -0.4 is 0 Å². The Hall–Kier alpha value is -1.52. The van der Waals surface area contributed by atoms with Crippen LogP contribution in [0.25, 0.3) is 0 Å². The maximum absolute atomic E-state index is 12.1. The number of ether oxygens (including phenoxy) is 1. The first-order valence-electron chi connectivity index (χ1n) is 4.79. The Balaban J connectivity index is 2.37. The molecule has 0 amide bonds. The van der Waals surface area contributed by atoms with E-state index in [4.69, 9.17) is 4.74 Å². The second kappa shape index (κ2) is 4.39. The summed E-state index contributed by atoms with van der Waals surface area (Å²) < 4.78 is 30.3. The Labute approximate surface area is 96.6 Å². The van der Waals surface area contributed by atoms with E-state index in [1.807, 2.05) is 0 Å². The molecule has 0 spiro atoms. The molecule has 1 saturated heterocycles. The third-order valence-corrected chi connectivity index (χ3v) is 4.15. The molecule has 1 fully saturated rings. The zero-order chi connectivity index (χ0) is 12.5. The summed E-state index contributed by atoms with van der Waals surface area (Å²) in [5, 5.41) is 10.1. The Kier molecular flexibility index (Phi) is 3.09. The monoisotopic (exact) mass is 262 g/mol. The van der Waals surface area contributed by atoms with Crippen LogP contribution in [0.5, 0.6) is 0 Å². The SMILES string of the molecule is O=[N+]([O-])c1[nH]cnc1S(=O)(=O)N1CCOCC1. The molecule has 10 heteroatoms. The summed E-state index contributed by atoms with van der Waals surface area (Å²) in [5.41, 5.74) is 0. The van der Waals surface area contributed by atoms with Gasteiger partial charge in [0, 0.05) is 13.1 Å². The highest BCUT2D eigenvalue weighted by Gasteiger charge is 2.34. The van der Waals surface area contributed by atoms with Crippen molar-refractivity contribution in [2.24, 2.45) is 0 Å². The number of nitrogens with zero attached hydrogens (tertiary/aromatic N) is 3. The van der Waals surface area contributed by atoms with Crippen LogP contribution in [0.2, 0.25) is 0 Å². The van der Waals surface area contributed by atoms with Crippen molar-refractivity contribution in [3.63, 3.8) is 0 Å². The van der Waals surface area contributed by atoms with Crippen molar-refractivity contribution in [2.75, 3.05) is 26.3 Å². The molecule has 0 atom stereocenters. The van der Waals surface area contributed by atoms with E-state index in [-0.39, 0.29) is 26.3 Å². The van der Waals surface area contributed by atoms with Gasteiger partial charge in [-0.2, -0.15) is 9.29 Å². The van der Waals surface area contributed by atoms with Gasteiger partial charge < -0.3 is 14.9 Å². The first kappa shape index (κ1) is 12.0. The predicted octanol–water partition coefficient (Wildman–Crippen LogP) is -0.661. The van der Waals surface area contributed by atoms with Crippen LogP contribution >= 0.6 is 0 Å². The van der Waals surface area contributed by atoms with E-state index >= 15 is 0 Å². The minimum atomic E-state index is -3.93. The molecule has 0 aliphatic carbocycles. The molecule has 0 aromatic carbocycles. The summed E-state index contributed by atoms with van der Waals surface area (Å²) in [5.74, 6) is -0.614. The quantitative estimate of drug-likeness (QED) is 0.570. The van der Waals surface area contributed by atoms with Gasteiger partial charge in [0.1, 0.15) is 0 Å². The molecule has 94 valence electrons. The normalized spacial score (nSPS) is 18.1. The molecule has 1 aliphatic heterocycles. The maximum atomic E-state index is 12.1. The van der Waals surface area contributed by atoms with E-state index in [9.17, 15) is 18.5 Å². The molecular formula is C7H10N4O5S. The molecule has 17 heavy (non-hydrogen) atoms. The smallest absolute Gasteiger partial charge is 0.361 e. The second-order valence-electron chi connectivity index (χ2n) is 3.33. The summed E-state index contributed by atoms with van der Waals surface area (Å²) in [6.07, 6.45) is 0.992. The first-order valence-corrected chi connectivity index (χ1v) is 6.23. The number of aromatic nitrogens is 2. The summed E-state index contributed by atoms with van der Waals surface area (Å²) in [4.78, 5) is 15.6. The molecule has 2 rings (SSSR count). The van der Waals surface area contributed by atoms with Gasteiger partial charge in [0.2, 0.25) is 0 Å². The number of sulfonamides is 1. The van der Waals surface area contributed by atoms with Crippen LogP contribution in [0.4, 0.5) is 5.82 Å². The fraction of sp³-hybridized carbons (Fsp3) is 0.571. The fourth-order valence-electron chi connectivity index (χ4n) is 1.50. The highest BCUT2D eigenvalue weighted by molar-refractivity contribution is 7.89. The van der Waals surface area contributed by atoms with Gasteiger partial charge >= 0.3 is 5.82 Å². The van der Waals surface area contributed by atoms with E-state index in [1.54, 1.807) is 0 Å². The Morgan fingerprint density at radius 3 is 2.71 bits per heavy atom. The summed E-state index contributed by atoms with van der Waals surface area (Å²) >= 11 is 0. The molecule has 1 aliphatic rings. The molecule has 9 nitrogen and oxygen atoms in total. The van der Waals surface area contributed by atoms with Gasteiger partial charge in [0.25, 0.3) is 15.0 Å². The number of hydrogen-bond acceptors (Lipinski definition) is 6. The second-order valence-corrected chi connectivity index (χ2v) is 5.18. The Morgan fingerprint density at radius 2 is 2.12 bits per heavy atom. The van der Waals surface area contributed by atoms with Crippen molar-refractivity contribution in [2.45, 2.75) is 5.03 Å². The molecular weight excluding hydrogens is 252 g/mol. The van der Waals surface area contributed by atoms with E-state index in [2.05, 4.69) is 9.97 Å². The third-order valence-electron chi connectivity index (χ3n) is 2.32. The lowest BCUT2D eigenvalue weighted by Gasteiger charge is -2.24. The number of hydrogen-bond donors (Lipinski definition) is 1. The Morgan fingerprint density at radius 1 is 1.47 bits per heavy atom. The first-order chi connectivity index (χ1) is 8.03. The van der Waals surface area contributed by atoms with Gasteiger partial charge in [-0.25, -0.2) is 13.4 Å². The van der Waals surface area contributed by atoms with Crippen LogP contribution in [-0.2, 0) is 14.8 Å². The third kappa shape index (κ3) is 2.14. The van der Waals surface area contributed by atoms with Gasteiger partial charge in [-0.3, -0.25) is 0 Å². The number of imidazole rings is 1. The minimum Gasteiger partial charge on any atom is -0.379 e. The molecule has 0 saturated carbocycles. The number of rotatable bonds is 3. The van der Waals surface area contributed by atoms with Crippen molar-refractivity contribution >= 4 is 15.8 Å². The highest BCUT2D eigenvalue weighted by Crippen LogP contribution is 2.22. The van der Waals surface area contributed by atoms with Crippen LogP contribution in [0, 0.1) is 10.1 Å². The Bertz CT molecular complexity index is 518. The summed E-state index contributed by atoms with van der Waals surface area (Å²) in [7, 11) is -3.93. The average Bonchev–Trinajstić information content (AvgIpc) is 2.80. The van der Waals surface area contributed by atoms with Gasteiger partial charge in [0.05, 0.1) is 13.2 Å². The lowest BCUT2D eigenvalue weighted by atomic mass is 10.5. The van der Waals surface area contributed by atoms with E-state index in [0.717, 1.165) is 10.6 Å². The summed E-state index contributed by atoms with van der Waals surface area (Å²) in [6, 6.07) is 0. The molecule has 0 radical (unpaired) electrons. The molecule has 1 N–H and O–H groups in total. The molecule has 1 aromatic rings. The van der Waals surface area contributed by atoms with Crippen molar-refractivity contribution < 1.29 is 18.1 Å². The van der Waals surface area contributed by atoms with Gasteiger partial charge in [-0.15, -0.1) is 0 Å². The number of nitro groups is 1. The van der Waals surface area contributed by atoms with Gasteiger partial charge in [-0.1, -0.05) is 0 Å². The van der Waals surface area contributed by atoms with Crippen molar-refractivity contribution in [1.29, 1.82) is 0 Å². The zero-order valence-electron chi connectivity index (χ0n) is 8.70. The standard InChI is InChI=1S/C7H10N4O5S/c12-11(13)6-7(9-5-8-6)17(14,15)10-1-3-16-4-2-10/h5H,1-4H2,(H,8,9). The molecule has 0 unspecified atom stereocenters. The van der Waals surface area contributed by atoms with Crippen molar-refractivity contribution in [3.8, 4) is 0 Å². The van der Waals surface area contributed by atoms with Crippen molar-refractivity contribution in [1.82, 2.24) is 14.3 Å². The lowest BCUT2D eigenvalue weighted by molar-refractivity contribution is -0.392. The molecule has 2 heterocycles. The number of nitrogens with one attached hydrogen (secondary N) is 1. The van der Waals surface area contributed by atoms with Crippen LogP contribution in [-0.4, -0.2) is 53.9 Å². The number of H-pyrrole nitrogens is 1. The lowest BCUT2D eigenvalue weighted by Crippen LogP contribution is -2.40. The molecule has 1 aromatic heterocycles. The van der Waals surface area contributed by atoms with E-state index in [1.165, 1.54) is 0 Å². The predicted molar refractivity (Wildman–Crippen MR) is 54.8 cm³/mol. The zero-order valence-corrected chi connectivity index (χ0v) is 9.51. The van der Waals surface area contributed by atoms with Crippen LogP contribution in [0.15, 0.2) is 11.4 Å². The van der Waals surface area contributed by atoms with Crippen LogP contribution in [0.1, 0.15) is 0 Å². The van der Waals surface area contributed by atoms with Gasteiger partial charge in [-0.05, 0) is 4.92 Å². The summed E-state index contributed by atoms with van der Waals surface area (Å²) in [6.45, 7) is 0.896. The maximum Gasteiger partial charge on any atom is 0.361 e. The van der Waals surface area contributed by atoms with Gasteiger partial charge in [0.15, 0.2) is 6.33 Å². The molecule has 0 bridgehead atoms. The van der Waals surface area contributed by atoms with Crippen molar-refractivity contribution in [3.05, 3.63) is 16.4 Å². The number of morpholine rings is 1. The topological polar surface area (TPSA) is 118 Å². The largest absolute Gasteiger partial charge is 0.379 e. The number of aromatic amines is 1. The highest BCUT2D eigenvalue weighted by atomic mass is 32.2. The van der Waals surface area contributed by atoms with E-state index in [0.29, 0.717) is 0 Å². The fourth-order valence-corrected chi connectivity index (χ4v) is 2.94. The minimum absolute atomic E-state index is 0.173. The average molecular weight is 262 g/mol. The van der Waals surface area contributed by atoms with E-state index < -0.39 is 25.8 Å².